The summed E-state index contributed by atoms with van der Waals surface area (Å²) in [6.07, 6.45) is 5.19. The Balaban J connectivity index is 1.66. The van der Waals surface area contributed by atoms with Gasteiger partial charge in [-0.3, -0.25) is 9.59 Å². The first-order chi connectivity index (χ1) is 15.3. The van der Waals surface area contributed by atoms with E-state index in [0.717, 1.165) is 37.9 Å². The molecule has 2 unspecified atom stereocenters. The van der Waals surface area contributed by atoms with Crippen LogP contribution in [0, 0.1) is 17.3 Å². The Kier molecular flexibility index (Phi) is 6.30. The van der Waals surface area contributed by atoms with Gasteiger partial charge in [0.25, 0.3) is 0 Å². The fourth-order valence-electron chi connectivity index (χ4n) is 7.02. The van der Waals surface area contributed by atoms with E-state index in [2.05, 4.69) is 25.1 Å². The second-order valence-corrected chi connectivity index (χ2v) is 10.3. The van der Waals surface area contributed by atoms with Crippen LogP contribution in [-0.4, -0.2) is 30.3 Å². The highest BCUT2D eigenvalue weighted by Gasteiger charge is 2.65. The van der Waals surface area contributed by atoms with E-state index in [0.29, 0.717) is 37.2 Å². The molecule has 2 saturated carbocycles. The first kappa shape index (κ1) is 23.1. The molecule has 0 bridgehead atoms. The Morgan fingerprint density at radius 2 is 1.81 bits per heavy atom. The van der Waals surface area contributed by atoms with Crippen LogP contribution in [0.3, 0.4) is 0 Å². The molecular formula is C27H38O5. The van der Waals surface area contributed by atoms with Crippen LogP contribution in [0.1, 0.15) is 90.2 Å². The zero-order valence-corrected chi connectivity index (χ0v) is 20.2. The van der Waals surface area contributed by atoms with Gasteiger partial charge in [0, 0.05) is 18.3 Å². The smallest absolute Gasteiger partial charge is 0.306 e. The summed E-state index contributed by atoms with van der Waals surface area (Å²) in [6, 6.07) is 6.59. The van der Waals surface area contributed by atoms with E-state index in [1.54, 1.807) is 0 Å². The largest absolute Gasteiger partial charge is 0.494 e. The van der Waals surface area contributed by atoms with Crippen molar-refractivity contribution in [3.63, 3.8) is 0 Å². The number of ether oxygens (including phenoxy) is 3. The molecular weight excluding hydrogens is 404 g/mol. The van der Waals surface area contributed by atoms with Gasteiger partial charge in [-0.2, -0.15) is 0 Å². The van der Waals surface area contributed by atoms with Gasteiger partial charge in [0.05, 0.1) is 6.61 Å². The molecule has 0 heterocycles. The van der Waals surface area contributed by atoms with Crippen LogP contribution in [0.4, 0.5) is 0 Å². The van der Waals surface area contributed by atoms with Crippen LogP contribution in [0.25, 0.3) is 0 Å². The fourth-order valence-corrected chi connectivity index (χ4v) is 7.02. The maximum Gasteiger partial charge on any atom is 0.306 e. The van der Waals surface area contributed by atoms with E-state index >= 15 is 0 Å². The standard InChI is InChI=1S/C27H38O5/c1-6-23(28)31-25-26(4)14-13-20-19-12-10-18(30-8-3)15-17(19)9-11-21(20)22(26)16-27(25,5)32-24(29)7-2/h10,12,15,20-22,25H,6-9,11,13-14,16H2,1-5H3/t20-,21-,22+,25?,26+,27?/m1/s1. The predicted molar refractivity (Wildman–Crippen MR) is 123 cm³/mol. The van der Waals surface area contributed by atoms with E-state index in [1.807, 2.05) is 27.7 Å². The number of fused-ring (bicyclic) bond motifs is 5. The van der Waals surface area contributed by atoms with E-state index < -0.39 is 11.7 Å². The number of hydrogen-bond acceptors (Lipinski definition) is 5. The van der Waals surface area contributed by atoms with Gasteiger partial charge in [0.15, 0.2) is 0 Å². The average Bonchev–Trinajstić information content (AvgIpc) is 3.00. The molecule has 5 nitrogen and oxygen atoms in total. The van der Waals surface area contributed by atoms with E-state index in [4.69, 9.17) is 14.2 Å². The zero-order chi connectivity index (χ0) is 23.1. The molecule has 4 rings (SSSR count). The highest BCUT2D eigenvalue weighted by molar-refractivity contribution is 5.71. The Bertz CT molecular complexity index is 879. The first-order valence-corrected chi connectivity index (χ1v) is 12.4. The summed E-state index contributed by atoms with van der Waals surface area (Å²) in [6.45, 7) is 10.6. The lowest BCUT2D eigenvalue weighted by molar-refractivity contribution is -0.188. The lowest BCUT2D eigenvalue weighted by Gasteiger charge is -2.50. The fraction of sp³-hybridized carbons (Fsp3) is 0.704. The Morgan fingerprint density at radius 3 is 2.50 bits per heavy atom. The van der Waals surface area contributed by atoms with Crippen molar-refractivity contribution >= 4 is 11.9 Å². The van der Waals surface area contributed by atoms with Crippen LogP contribution >= 0.6 is 0 Å². The SMILES string of the molecule is CCOc1ccc2c(c1)CC[C@@H]1[C@@H]2CC[C@]2(C)C(OC(=O)CC)C(C)(OC(=O)CC)C[C@@H]12. The van der Waals surface area contributed by atoms with Crippen molar-refractivity contribution in [3.05, 3.63) is 29.3 Å². The molecule has 1 aromatic carbocycles. The molecule has 32 heavy (non-hydrogen) atoms. The van der Waals surface area contributed by atoms with Gasteiger partial charge in [-0.15, -0.1) is 0 Å². The minimum absolute atomic E-state index is 0.183. The summed E-state index contributed by atoms with van der Waals surface area (Å²) in [5.74, 6) is 1.88. The molecule has 6 atom stereocenters. The Hall–Kier alpha value is -2.04. The lowest BCUT2D eigenvalue weighted by Crippen LogP contribution is -2.50. The molecule has 2 fully saturated rings. The Morgan fingerprint density at radius 1 is 1.06 bits per heavy atom. The number of rotatable bonds is 6. The summed E-state index contributed by atoms with van der Waals surface area (Å²) in [7, 11) is 0. The van der Waals surface area contributed by atoms with Crippen LogP contribution in [0.5, 0.6) is 5.75 Å². The molecule has 0 amide bonds. The highest BCUT2D eigenvalue weighted by atomic mass is 16.6. The number of carbonyl (C=O) groups excluding carboxylic acids is 2. The van der Waals surface area contributed by atoms with E-state index in [9.17, 15) is 9.59 Å². The van der Waals surface area contributed by atoms with E-state index in [-0.39, 0.29) is 17.4 Å². The van der Waals surface area contributed by atoms with Gasteiger partial charge in [0.2, 0.25) is 0 Å². The third-order valence-electron chi connectivity index (χ3n) is 8.40. The Labute approximate surface area is 192 Å². The molecule has 3 aliphatic carbocycles. The summed E-state index contributed by atoms with van der Waals surface area (Å²) in [4.78, 5) is 24.7. The minimum Gasteiger partial charge on any atom is -0.494 e. The van der Waals surface area contributed by atoms with Gasteiger partial charge >= 0.3 is 11.9 Å². The molecule has 0 spiro atoms. The first-order valence-electron chi connectivity index (χ1n) is 12.4. The van der Waals surface area contributed by atoms with Crippen LogP contribution in [-0.2, 0) is 25.5 Å². The van der Waals surface area contributed by atoms with E-state index in [1.165, 1.54) is 11.1 Å². The topological polar surface area (TPSA) is 61.8 Å². The molecule has 0 saturated heterocycles. The van der Waals surface area contributed by atoms with Crippen molar-refractivity contribution in [2.75, 3.05) is 6.61 Å². The number of benzene rings is 1. The van der Waals surface area contributed by atoms with Crippen molar-refractivity contribution in [1.29, 1.82) is 0 Å². The molecule has 176 valence electrons. The third kappa shape index (κ3) is 3.82. The monoisotopic (exact) mass is 442 g/mol. The van der Waals surface area contributed by atoms with Gasteiger partial charge in [-0.1, -0.05) is 26.8 Å². The van der Waals surface area contributed by atoms with Crippen molar-refractivity contribution in [2.24, 2.45) is 17.3 Å². The summed E-state index contributed by atoms with van der Waals surface area (Å²) >= 11 is 0. The predicted octanol–water partition coefficient (Wildman–Crippen LogP) is 5.59. The van der Waals surface area contributed by atoms with Gasteiger partial charge in [-0.05, 0) is 87.0 Å². The second-order valence-electron chi connectivity index (χ2n) is 10.3. The number of hydrogen-bond donors (Lipinski definition) is 0. The maximum atomic E-state index is 12.4. The number of aryl methyl sites for hydroxylation is 1. The van der Waals surface area contributed by atoms with Gasteiger partial charge in [0.1, 0.15) is 17.5 Å². The second kappa shape index (κ2) is 8.72. The molecule has 1 aromatic rings. The quantitative estimate of drug-likeness (QED) is 0.538. The van der Waals surface area contributed by atoms with Crippen molar-refractivity contribution in [1.82, 2.24) is 0 Å². The summed E-state index contributed by atoms with van der Waals surface area (Å²) in [5.41, 5.74) is 1.91. The normalized spacial score (nSPS) is 35.3. The molecule has 0 radical (unpaired) electrons. The van der Waals surface area contributed by atoms with Crippen molar-refractivity contribution < 1.29 is 23.8 Å². The van der Waals surface area contributed by atoms with Gasteiger partial charge < -0.3 is 14.2 Å². The van der Waals surface area contributed by atoms with Crippen molar-refractivity contribution in [2.45, 2.75) is 97.2 Å². The molecule has 0 aliphatic heterocycles. The number of esters is 2. The van der Waals surface area contributed by atoms with Crippen LogP contribution in [0.2, 0.25) is 0 Å². The zero-order valence-electron chi connectivity index (χ0n) is 20.2. The van der Waals surface area contributed by atoms with Crippen molar-refractivity contribution in [3.8, 4) is 5.75 Å². The third-order valence-corrected chi connectivity index (χ3v) is 8.40. The average molecular weight is 443 g/mol. The summed E-state index contributed by atoms with van der Waals surface area (Å²) in [5, 5.41) is 0. The number of carbonyl (C=O) groups is 2. The van der Waals surface area contributed by atoms with Gasteiger partial charge in [-0.25, -0.2) is 0 Å². The molecule has 0 aromatic heterocycles. The highest BCUT2D eigenvalue weighted by Crippen LogP contribution is 2.64. The molecule has 3 aliphatic rings. The van der Waals surface area contributed by atoms with Crippen LogP contribution in [0.15, 0.2) is 18.2 Å². The maximum absolute atomic E-state index is 12.4. The molecule has 0 N–H and O–H groups in total. The molecule has 5 heteroatoms. The summed E-state index contributed by atoms with van der Waals surface area (Å²) < 4.78 is 17.8. The minimum atomic E-state index is -0.772. The lowest BCUT2D eigenvalue weighted by atomic mass is 9.55. The van der Waals surface area contributed by atoms with Crippen LogP contribution < -0.4 is 4.74 Å².